The fourth-order valence-electron chi connectivity index (χ4n) is 2.51. The highest BCUT2D eigenvalue weighted by molar-refractivity contribution is 7.18. The van der Waals surface area contributed by atoms with Crippen LogP contribution in [0.25, 0.3) is 21.7 Å². The molecule has 0 radical (unpaired) electrons. The summed E-state index contributed by atoms with van der Waals surface area (Å²) >= 11 is 7.76. The van der Waals surface area contributed by atoms with Crippen LogP contribution in [0, 0.1) is 13.8 Å². The second-order valence-corrected chi connectivity index (χ2v) is 6.65. The van der Waals surface area contributed by atoms with Crippen LogP contribution in [0.3, 0.4) is 0 Å². The second kappa shape index (κ2) is 4.66. The number of hydrogen-bond acceptors (Lipinski definition) is 4. The summed E-state index contributed by atoms with van der Waals surface area (Å²) in [5.41, 5.74) is 1.57. The molecule has 7 heteroatoms. The number of nitrogens with zero attached hydrogens (tertiary/aromatic N) is 4. The first-order chi connectivity index (χ1) is 10.6. The number of aryl methyl sites for hydroxylation is 2. The lowest BCUT2D eigenvalue weighted by Gasteiger charge is -2.04. The molecule has 0 N–H and O–H groups in total. The van der Waals surface area contributed by atoms with E-state index in [0.717, 1.165) is 21.0 Å². The van der Waals surface area contributed by atoms with Gasteiger partial charge in [0.2, 0.25) is 5.78 Å². The number of aromatic nitrogens is 4. The maximum absolute atomic E-state index is 12.7. The van der Waals surface area contributed by atoms with Crippen LogP contribution in [0.15, 0.2) is 35.4 Å². The van der Waals surface area contributed by atoms with Crippen molar-refractivity contribution < 1.29 is 0 Å². The standard InChI is InChI=1S/C15H11ClN4OS/c1-8-9(2)22-13-12(8)14(21)20-15(18-13)19(7-17-20)11-6-4-3-5-10(11)16/h3-7H,1-2H3. The van der Waals surface area contributed by atoms with E-state index in [4.69, 9.17) is 11.6 Å². The first kappa shape index (κ1) is 13.5. The molecule has 0 fully saturated rings. The third-order valence-electron chi connectivity index (χ3n) is 3.77. The zero-order valence-corrected chi connectivity index (χ0v) is 13.4. The largest absolute Gasteiger partial charge is 0.284 e. The molecule has 0 atom stereocenters. The van der Waals surface area contributed by atoms with Crippen LogP contribution >= 0.6 is 22.9 Å². The maximum Gasteiger partial charge on any atom is 0.284 e. The summed E-state index contributed by atoms with van der Waals surface area (Å²) < 4.78 is 3.05. The highest BCUT2D eigenvalue weighted by atomic mass is 35.5. The average molecular weight is 331 g/mol. The second-order valence-electron chi connectivity index (χ2n) is 5.04. The molecule has 0 bridgehead atoms. The molecule has 0 saturated heterocycles. The van der Waals surface area contributed by atoms with E-state index in [1.807, 2.05) is 32.0 Å². The Bertz CT molecular complexity index is 1090. The lowest BCUT2D eigenvalue weighted by Crippen LogP contribution is -2.16. The van der Waals surface area contributed by atoms with E-state index in [2.05, 4.69) is 10.1 Å². The molecule has 0 spiro atoms. The van der Waals surface area contributed by atoms with Crippen LogP contribution in [-0.4, -0.2) is 19.2 Å². The van der Waals surface area contributed by atoms with Gasteiger partial charge in [-0.05, 0) is 31.5 Å². The topological polar surface area (TPSA) is 52.2 Å². The molecule has 0 unspecified atom stereocenters. The van der Waals surface area contributed by atoms with Gasteiger partial charge in [0.15, 0.2) is 0 Å². The minimum atomic E-state index is -0.146. The molecular formula is C15H11ClN4OS. The molecule has 4 aromatic rings. The molecule has 0 aliphatic rings. The molecule has 0 aliphatic carbocycles. The molecule has 22 heavy (non-hydrogen) atoms. The Morgan fingerprint density at radius 2 is 2.00 bits per heavy atom. The highest BCUT2D eigenvalue weighted by Gasteiger charge is 2.17. The SMILES string of the molecule is Cc1sc2nc3n(-c4ccccc4Cl)cnn3c(=O)c2c1C. The summed E-state index contributed by atoms with van der Waals surface area (Å²) in [5.74, 6) is 0.465. The molecule has 0 amide bonds. The minimum Gasteiger partial charge on any atom is -0.266 e. The molecule has 4 rings (SSSR count). The van der Waals surface area contributed by atoms with Crippen molar-refractivity contribution in [2.24, 2.45) is 0 Å². The van der Waals surface area contributed by atoms with E-state index < -0.39 is 0 Å². The molecule has 5 nitrogen and oxygen atoms in total. The molecule has 1 aromatic carbocycles. The van der Waals surface area contributed by atoms with Crippen molar-refractivity contribution in [3.05, 3.63) is 56.4 Å². The zero-order valence-electron chi connectivity index (χ0n) is 11.9. The Labute approximate surface area is 134 Å². The van der Waals surface area contributed by atoms with Crippen LogP contribution < -0.4 is 5.56 Å². The maximum atomic E-state index is 12.7. The van der Waals surface area contributed by atoms with Crippen molar-refractivity contribution in [2.75, 3.05) is 0 Å². The summed E-state index contributed by atoms with van der Waals surface area (Å²) in [5, 5.41) is 5.41. The summed E-state index contributed by atoms with van der Waals surface area (Å²) in [6, 6.07) is 7.40. The van der Waals surface area contributed by atoms with Gasteiger partial charge in [-0.15, -0.1) is 11.3 Å². The van der Waals surface area contributed by atoms with Gasteiger partial charge in [-0.3, -0.25) is 9.36 Å². The molecular weight excluding hydrogens is 320 g/mol. The van der Waals surface area contributed by atoms with Gasteiger partial charge >= 0.3 is 0 Å². The molecule has 0 saturated carbocycles. The van der Waals surface area contributed by atoms with Crippen LogP contribution in [0.2, 0.25) is 5.02 Å². The van der Waals surface area contributed by atoms with E-state index in [0.29, 0.717) is 16.2 Å². The number of thiophene rings is 1. The smallest absolute Gasteiger partial charge is 0.266 e. The van der Waals surface area contributed by atoms with Gasteiger partial charge in [-0.1, -0.05) is 23.7 Å². The van der Waals surface area contributed by atoms with Crippen molar-refractivity contribution in [3.8, 4) is 5.69 Å². The van der Waals surface area contributed by atoms with Crippen LogP contribution in [0.5, 0.6) is 0 Å². The van der Waals surface area contributed by atoms with Gasteiger partial charge < -0.3 is 0 Å². The molecule has 110 valence electrons. The molecule has 3 heterocycles. The highest BCUT2D eigenvalue weighted by Crippen LogP contribution is 2.27. The van der Waals surface area contributed by atoms with Crippen molar-refractivity contribution in [1.82, 2.24) is 19.2 Å². The normalized spacial score (nSPS) is 11.6. The van der Waals surface area contributed by atoms with Gasteiger partial charge in [0.1, 0.15) is 11.2 Å². The van der Waals surface area contributed by atoms with E-state index in [9.17, 15) is 4.79 Å². The Morgan fingerprint density at radius 3 is 2.77 bits per heavy atom. The lowest BCUT2D eigenvalue weighted by molar-refractivity contribution is 0.915. The van der Waals surface area contributed by atoms with Gasteiger partial charge in [-0.2, -0.15) is 9.61 Å². The van der Waals surface area contributed by atoms with Crippen molar-refractivity contribution >= 4 is 38.9 Å². The third kappa shape index (κ3) is 1.74. The summed E-state index contributed by atoms with van der Waals surface area (Å²) in [6.45, 7) is 3.93. The predicted octanol–water partition coefficient (Wildman–Crippen LogP) is 3.37. The van der Waals surface area contributed by atoms with Gasteiger partial charge in [0.25, 0.3) is 5.56 Å². The quantitative estimate of drug-likeness (QED) is 0.537. The van der Waals surface area contributed by atoms with E-state index in [-0.39, 0.29) is 5.56 Å². The Hall–Kier alpha value is -2.18. The van der Waals surface area contributed by atoms with E-state index in [1.165, 1.54) is 15.9 Å². The summed E-state index contributed by atoms with van der Waals surface area (Å²) in [6.07, 6.45) is 1.57. The number of halogens is 1. The van der Waals surface area contributed by atoms with E-state index in [1.54, 1.807) is 17.0 Å². The minimum absolute atomic E-state index is 0.146. The number of rotatable bonds is 1. The van der Waals surface area contributed by atoms with Crippen molar-refractivity contribution in [3.63, 3.8) is 0 Å². The summed E-state index contributed by atoms with van der Waals surface area (Å²) in [4.78, 5) is 19.1. The molecule has 0 aliphatic heterocycles. The number of benzene rings is 1. The molecule has 3 aromatic heterocycles. The fourth-order valence-corrected chi connectivity index (χ4v) is 3.75. The number of hydrogen-bond donors (Lipinski definition) is 0. The van der Waals surface area contributed by atoms with Crippen molar-refractivity contribution in [1.29, 1.82) is 0 Å². The number of fused-ring (bicyclic) bond motifs is 2. The van der Waals surface area contributed by atoms with Gasteiger partial charge in [0, 0.05) is 4.88 Å². The number of para-hydroxylation sites is 1. The third-order valence-corrected chi connectivity index (χ3v) is 5.19. The fraction of sp³-hybridized carbons (Fsp3) is 0.133. The Balaban J connectivity index is 2.14. The summed E-state index contributed by atoms with van der Waals surface area (Å²) in [7, 11) is 0. The Kier molecular flexibility index (Phi) is 2.85. The lowest BCUT2D eigenvalue weighted by atomic mass is 10.2. The zero-order chi connectivity index (χ0) is 15.4. The van der Waals surface area contributed by atoms with Gasteiger partial charge in [0.05, 0.1) is 16.1 Å². The average Bonchev–Trinajstić information content (AvgIpc) is 3.03. The van der Waals surface area contributed by atoms with E-state index >= 15 is 0 Å². The van der Waals surface area contributed by atoms with Crippen LogP contribution in [-0.2, 0) is 0 Å². The monoisotopic (exact) mass is 330 g/mol. The van der Waals surface area contributed by atoms with Gasteiger partial charge in [-0.25, -0.2) is 4.98 Å². The van der Waals surface area contributed by atoms with Crippen LogP contribution in [0.1, 0.15) is 10.4 Å². The van der Waals surface area contributed by atoms with Crippen LogP contribution in [0.4, 0.5) is 0 Å². The Morgan fingerprint density at radius 1 is 1.23 bits per heavy atom. The van der Waals surface area contributed by atoms with Crippen molar-refractivity contribution in [2.45, 2.75) is 13.8 Å². The first-order valence-electron chi connectivity index (χ1n) is 6.69. The predicted molar refractivity (Wildman–Crippen MR) is 88.5 cm³/mol. The first-order valence-corrected chi connectivity index (χ1v) is 7.88.